The van der Waals surface area contributed by atoms with Crippen molar-refractivity contribution in [2.45, 2.75) is 25.9 Å². The number of hydrogen-bond acceptors (Lipinski definition) is 3. The highest BCUT2D eigenvalue weighted by Crippen LogP contribution is 2.23. The van der Waals surface area contributed by atoms with Crippen molar-refractivity contribution in [3.63, 3.8) is 0 Å². The fourth-order valence-electron chi connectivity index (χ4n) is 1.43. The number of oxime groups is 1. The maximum atomic E-state index is 12.0. The molecule has 0 bridgehead atoms. The zero-order chi connectivity index (χ0) is 14.5. The molecule has 3 N–H and O–H groups in total. The Labute approximate surface area is 108 Å². The van der Waals surface area contributed by atoms with Crippen molar-refractivity contribution < 1.29 is 23.1 Å². The summed E-state index contributed by atoms with van der Waals surface area (Å²) in [6.45, 7) is 1.72. The van der Waals surface area contributed by atoms with Crippen LogP contribution in [0.5, 0.6) is 5.75 Å². The average Bonchev–Trinajstić information content (AvgIpc) is 2.34. The highest BCUT2D eigenvalue weighted by molar-refractivity contribution is 5.97. The van der Waals surface area contributed by atoms with Gasteiger partial charge in [0.1, 0.15) is 5.75 Å². The van der Waals surface area contributed by atoms with Gasteiger partial charge in [0.15, 0.2) is 5.84 Å². The monoisotopic (exact) mass is 276 g/mol. The van der Waals surface area contributed by atoms with Crippen molar-refractivity contribution >= 4 is 5.84 Å². The normalized spacial score (nSPS) is 12.5. The van der Waals surface area contributed by atoms with E-state index in [1.165, 1.54) is 6.07 Å². The Morgan fingerprint density at radius 3 is 2.68 bits per heavy atom. The molecule has 19 heavy (non-hydrogen) atoms. The molecule has 0 radical (unpaired) electrons. The van der Waals surface area contributed by atoms with Gasteiger partial charge in [-0.2, -0.15) is 13.2 Å². The van der Waals surface area contributed by atoms with Crippen LogP contribution >= 0.6 is 0 Å². The summed E-state index contributed by atoms with van der Waals surface area (Å²) < 4.78 is 41.2. The summed E-state index contributed by atoms with van der Waals surface area (Å²) >= 11 is 0. The van der Waals surface area contributed by atoms with Gasteiger partial charge in [0, 0.05) is 12.0 Å². The predicted octanol–water partition coefficient (Wildman–Crippen LogP) is 2.81. The van der Waals surface area contributed by atoms with Crippen LogP contribution in [0, 0.1) is 6.92 Å². The molecule has 0 atom stereocenters. The van der Waals surface area contributed by atoms with Crippen LogP contribution in [-0.2, 0) is 0 Å². The summed E-state index contributed by atoms with van der Waals surface area (Å²) in [6.07, 6.45) is -5.17. The van der Waals surface area contributed by atoms with Gasteiger partial charge in [0.25, 0.3) is 0 Å². The third-order valence-electron chi connectivity index (χ3n) is 2.45. The zero-order valence-corrected chi connectivity index (χ0v) is 10.4. The largest absolute Gasteiger partial charge is 0.493 e. The van der Waals surface area contributed by atoms with Crippen molar-refractivity contribution in [3.8, 4) is 5.75 Å². The molecule has 0 saturated carbocycles. The van der Waals surface area contributed by atoms with Crippen molar-refractivity contribution in [1.82, 2.24) is 0 Å². The number of benzene rings is 1. The third-order valence-corrected chi connectivity index (χ3v) is 2.45. The standard InChI is InChI=1S/C12H15F3N2O2/c1-8-3-4-9(11(16)17-18)7-10(8)19-6-2-5-12(13,14)15/h3-4,7,18H,2,5-6H2,1H3,(H2,16,17). The van der Waals surface area contributed by atoms with Gasteiger partial charge in [-0.1, -0.05) is 17.3 Å². The molecular formula is C12H15F3N2O2. The fourth-order valence-corrected chi connectivity index (χ4v) is 1.43. The van der Waals surface area contributed by atoms with Crippen LogP contribution in [-0.4, -0.2) is 23.8 Å². The number of nitrogens with zero attached hydrogens (tertiary/aromatic N) is 1. The van der Waals surface area contributed by atoms with E-state index in [4.69, 9.17) is 15.7 Å². The van der Waals surface area contributed by atoms with Gasteiger partial charge < -0.3 is 15.7 Å². The van der Waals surface area contributed by atoms with Crippen LogP contribution in [0.3, 0.4) is 0 Å². The molecule has 0 heterocycles. The van der Waals surface area contributed by atoms with E-state index in [-0.39, 0.29) is 18.9 Å². The Morgan fingerprint density at radius 2 is 2.11 bits per heavy atom. The molecule has 0 aromatic heterocycles. The van der Waals surface area contributed by atoms with E-state index in [2.05, 4.69) is 5.16 Å². The Balaban J connectivity index is 2.63. The Morgan fingerprint density at radius 1 is 1.42 bits per heavy atom. The number of nitrogens with two attached hydrogens (primary N) is 1. The van der Waals surface area contributed by atoms with Gasteiger partial charge in [0.05, 0.1) is 6.61 Å². The van der Waals surface area contributed by atoms with Crippen LogP contribution in [0.15, 0.2) is 23.4 Å². The molecule has 1 aromatic rings. The lowest BCUT2D eigenvalue weighted by Gasteiger charge is -2.11. The number of amidine groups is 1. The van der Waals surface area contributed by atoms with E-state index >= 15 is 0 Å². The van der Waals surface area contributed by atoms with Crippen molar-refractivity contribution in [3.05, 3.63) is 29.3 Å². The van der Waals surface area contributed by atoms with Gasteiger partial charge >= 0.3 is 6.18 Å². The molecule has 0 aliphatic carbocycles. The van der Waals surface area contributed by atoms with Crippen LogP contribution in [0.25, 0.3) is 0 Å². The maximum Gasteiger partial charge on any atom is 0.389 e. The molecule has 0 unspecified atom stereocenters. The number of hydrogen-bond donors (Lipinski definition) is 2. The van der Waals surface area contributed by atoms with Crippen LogP contribution in [0.1, 0.15) is 24.0 Å². The van der Waals surface area contributed by atoms with E-state index in [0.717, 1.165) is 5.56 Å². The fraction of sp³-hybridized carbons (Fsp3) is 0.417. The molecule has 1 aromatic carbocycles. The molecule has 4 nitrogen and oxygen atoms in total. The van der Waals surface area contributed by atoms with E-state index in [0.29, 0.717) is 11.3 Å². The molecule has 0 aliphatic rings. The SMILES string of the molecule is Cc1ccc(/C(N)=N/O)cc1OCCCC(F)(F)F. The van der Waals surface area contributed by atoms with Gasteiger partial charge in [-0.15, -0.1) is 0 Å². The van der Waals surface area contributed by atoms with Gasteiger partial charge in [0.2, 0.25) is 0 Å². The summed E-state index contributed by atoms with van der Waals surface area (Å²) in [5, 5.41) is 11.4. The first-order valence-corrected chi connectivity index (χ1v) is 5.61. The highest BCUT2D eigenvalue weighted by Gasteiger charge is 2.26. The van der Waals surface area contributed by atoms with Crippen LogP contribution < -0.4 is 10.5 Å². The van der Waals surface area contributed by atoms with Crippen molar-refractivity contribution in [1.29, 1.82) is 0 Å². The summed E-state index contributed by atoms with van der Waals surface area (Å²) in [5.74, 6) is 0.339. The first-order chi connectivity index (χ1) is 8.83. The number of rotatable bonds is 5. The minimum Gasteiger partial charge on any atom is -0.493 e. The summed E-state index contributed by atoms with van der Waals surface area (Å²) in [7, 11) is 0. The molecule has 0 fully saturated rings. The lowest BCUT2D eigenvalue weighted by atomic mass is 10.1. The van der Waals surface area contributed by atoms with Crippen LogP contribution in [0.2, 0.25) is 0 Å². The zero-order valence-electron chi connectivity index (χ0n) is 10.4. The first-order valence-electron chi connectivity index (χ1n) is 5.61. The lowest BCUT2D eigenvalue weighted by molar-refractivity contribution is -0.136. The Hall–Kier alpha value is -1.92. The van der Waals surface area contributed by atoms with E-state index < -0.39 is 12.6 Å². The van der Waals surface area contributed by atoms with E-state index in [1.807, 2.05) is 0 Å². The molecule has 106 valence electrons. The first kappa shape index (κ1) is 15.1. The molecule has 7 heteroatoms. The number of halogens is 3. The second-order valence-corrected chi connectivity index (χ2v) is 4.03. The Kier molecular flexibility index (Phi) is 5.02. The smallest absolute Gasteiger partial charge is 0.389 e. The van der Waals surface area contributed by atoms with Gasteiger partial charge in [-0.3, -0.25) is 0 Å². The minimum atomic E-state index is -4.17. The Bertz CT molecular complexity index is 459. The average molecular weight is 276 g/mol. The molecule has 0 spiro atoms. The summed E-state index contributed by atoms with van der Waals surface area (Å²) in [5.41, 5.74) is 6.63. The lowest BCUT2D eigenvalue weighted by Crippen LogP contribution is -2.14. The quantitative estimate of drug-likeness (QED) is 0.286. The predicted molar refractivity (Wildman–Crippen MR) is 64.5 cm³/mol. The van der Waals surface area contributed by atoms with E-state index in [1.54, 1.807) is 19.1 Å². The maximum absolute atomic E-state index is 12.0. The minimum absolute atomic E-state index is 0.0417. The highest BCUT2D eigenvalue weighted by atomic mass is 19.4. The van der Waals surface area contributed by atoms with Crippen molar-refractivity contribution in [2.75, 3.05) is 6.61 Å². The molecule has 0 saturated heterocycles. The topological polar surface area (TPSA) is 67.8 Å². The molecule has 0 aliphatic heterocycles. The number of aryl methyl sites for hydroxylation is 1. The molecule has 0 amide bonds. The summed E-state index contributed by atoms with van der Waals surface area (Å²) in [4.78, 5) is 0. The van der Waals surface area contributed by atoms with Gasteiger partial charge in [-0.25, -0.2) is 0 Å². The van der Waals surface area contributed by atoms with Gasteiger partial charge in [-0.05, 0) is 25.0 Å². The number of alkyl halides is 3. The van der Waals surface area contributed by atoms with Crippen molar-refractivity contribution in [2.24, 2.45) is 10.9 Å². The second-order valence-electron chi connectivity index (χ2n) is 4.03. The molecule has 1 rings (SSSR count). The van der Waals surface area contributed by atoms with E-state index in [9.17, 15) is 13.2 Å². The number of ether oxygens (including phenoxy) is 1. The third kappa shape index (κ3) is 5.07. The molecular weight excluding hydrogens is 261 g/mol. The second kappa shape index (κ2) is 6.31. The summed E-state index contributed by atoms with van der Waals surface area (Å²) in [6, 6.07) is 4.84. The van der Waals surface area contributed by atoms with Crippen LogP contribution in [0.4, 0.5) is 13.2 Å².